The highest BCUT2D eigenvalue weighted by molar-refractivity contribution is 4.86. The maximum absolute atomic E-state index is 9.92. The Morgan fingerprint density at radius 3 is 2.50 bits per heavy atom. The molecule has 0 saturated heterocycles. The van der Waals surface area contributed by atoms with Crippen LogP contribution in [0.2, 0.25) is 0 Å². The molecule has 0 aromatic heterocycles. The van der Waals surface area contributed by atoms with Crippen molar-refractivity contribution in [2.24, 2.45) is 17.8 Å². The SMILES string of the molecule is CC(C)CC(O)CNC1CCC2CCCCC2C1. The summed E-state index contributed by atoms with van der Waals surface area (Å²) in [6.45, 7) is 5.15. The van der Waals surface area contributed by atoms with Crippen molar-refractivity contribution in [3.8, 4) is 0 Å². The van der Waals surface area contributed by atoms with Gasteiger partial charge in [0.2, 0.25) is 0 Å². The lowest BCUT2D eigenvalue weighted by atomic mass is 9.69. The summed E-state index contributed by atoms with van der Waals surface area (Å²) in [6.07, 6.45) is 10.7. The lowest BCUT2D eigenvalue weighted by Gasteiger charge is -2.39. The molecule has 0 spiro atoms. The Hall–Kier alpha value is -0.0800. The van der Waals surface area contributed by atoms with Crippen molar-refractivity contribution in [3.63, 3.8) is 0 Å². The summed E-state index contributed by atoms with van der Waals surface area (Å²) in [4.78, 5) is 0. The van der Waals surface area contributed by atoms with E-state index < -0.39 is 0 Å². The minimum absolute atomic E-state index is 0.158. The summed E-state index contributed by atoms with van der Waals surface area (Å²) >= 11 is 0. The maximum atomic E-state index is 9.92. The number of nitrogens with one attached hydrogen (secondary N) is 1. The molecule has 0 amide bonds. The number of fused-ring (bicyclic) bond motifs is 1. The summed E-state index contributed by atoms with van der Waals surface area (Å²) in [5.74, 6) is 2.60. The van der Waals surface area contributed by atoms with Gasteiger partial charge in [-0.3, -0.25) is 0 Å². The van der Waals surface area contributed by atoms with E-state index in [-0.39, 0.29) is 6.10 Å². The lowest BCUT2D eigenvalue weighted by Crippen LogP contribution is -2.42. The van der Waals surface area contributed by atoms with Crippen LogP contribution < -0.4 is 5.32 Å². The molecule has 2 rings (SSSR count). The van der Waals surface area contributed by atoms with Gasteiger partial charge in [-0.1, -0.05) is 39.5 Å². The molecule has 18 heavy (non-hydrogen) atoms. The first-order chi connectivity index (χ1) is 8.65. The average molecular weight is 253 g/mol. The van der Waals surface area contributed by atoms with Crippen molar-refractivity contribution in [2.45, 2.75) is 77.4 Å². The molecule has 2 heteroatoms. The van der Waals surface area contributed by atoms with E-state index in [0.29, 0.717) is 12.0 Å². The van der Waals surface area contributed by atoms with Gasteiger partial charge in [0, 0.05) is 12.6 Å². The molecule has 2 aliphatic carbocycles. The molecule has 2 saturated carbocycles. The fraction of sp³-hybridized carbons (Fsp3) is 1.00. The average Bonchev–Trinajstić information content (AvgIpc) is 2.35. The minimum Gasteiger partial charge on any atom is -0.392 e. The topological polar surface area (TPSA) is 32.3 Å². The van der Waals surface area contributed by atoms with E-state index in [1.165, 1.54) is 44.9 Å². The van der Waals surface area contributed by atoms with Gasteiger partial charge in [0.1, 0.15) is 0 Å². The molecule has 4 unspecified atom stereocenters. The van der Waals surface area contributed by atoms with E-state index >= 15 is 0 Å². The normalized spacial score (nSPS) is 34.3. The third-order valence-electron chi connectivity index (χ3n) is 4.93. The molecule has 2 N–H and O–H groups in total. The molecule has 106 valence electrons. The predicted molar refractivity (Wildman–Crippen MR) is 76.6 cm³/mol. The monoisotopic (exact) mass is 253 g/mol. The molecule has 0 heterocycles. The van der Waals surface area contributed by atoms with Crippen molar-refractivity contribution < 1.29 is 5.11 Å². The Morgan fingerprint density at radius 1 is 1.06 bits per heavy atom. The van der Waals surface area contributed by atoms with Gasteiger partial charge in [0.05, 0.1) is 6.10 Å². The standard InChI is InChI=1S/C16H31NO/c1-12(2)9-16(18)11-17-15-8-7-13-5-3-4-6-14(13)10-15/h12-18H,3-11H2,1-2H3. The van der Waals surface area contributed by atoms with Gasteiger partial charge in [-0.25, -0.2) is 0 Å². The molecule has 0 aromatic rings. The van der Waals surface area contributed by atoms with Crippen molar-refractivity contribution in [3.05, 3.63) is 0 Å². The fourth-order valence-corrected chi connectivity index (χ4v) is 3.99. The number of hydrogen-bond acceptors (Lipinski definition) is 2. The maximum Gasteiger partial charge on any atom is 0.0667 e. The Balaban J connectivity index is 1.68. The Kier molecular flexibility index (Phi) is 5.50. The molecule has 2 nitrogen and oxygen atoms in total. The van der Waals surface area contributed by atoms with E-state index in [0.717, 1.165) is 24.8 Å². The zero-order valence-corrected chi connectivity index (χ0v) is 12.2. The molecule has 0 bridgehead atoms. The van der Waals surface area contributed by atoms with Crippen LogP contribution in [0.4, 0.5) is 0 Å². The molecule has 0 aliphatic heterocycles. The van der Waals surface area contributed by atoms with Gasteiger partial charge in [-0.05, 0) is 43.4 Å². The van der Waals surface area contributed by atoms with Crippen molar-refractivity contribution in [2.75, 3.05) is 6.54 Å². The van der Waals surface area contributed by atoms with Crippen LogP contribution in [0.1, 0.15) is 65.2 Å². The first-order valence-electron chi connectivity index (χ1n) is 8.06. The predicted octanol–water partition coefficient (Wildman–Crippen LogP) is 3.34. The molecular formula is C16H31NO. The van der Waals surface area contributed by atoms with Gasteiger partial charge >= 0.3 is 0 Å². The first kappa shape index (κ1) is 14.3. The summed E-state index contributed by atoms with van der Waals surface area (Å²) < 4.78 is 0. The second kappa shape index (κ2) is 6.91. The third kappa shape index (κ3) is 4.24. The van der Waals surface area contributed by atoms with E-state index in [2.05, 4.69) is 19.2 Å². The summed E-state index contributed by atoms with van der Waals surface area (Å²) in [5, 5.41) is 13.5. The van der Waals surface area contributed by atoms with Crippen LogP contribution in [0.3, 0.4) is 0 Å². The van der Waals surface area contributed by atoms with Crippen LogP contribution >= 0.6 is 0 Å². The number of rotatable bonds is 5. The van der Waals surface area contributed by atoms with Gasteiger partial charge in [0.15, 0.2) is 0 Å². The van der Waals surface area contributed by atoms with Crippen LogP contribution in [0.15, 0.2) is 0 Å². The van der Waals surface area contributed by atoms with Gasteiger partial charge in [-0.15, -0.1) is 0 Å². The highest BCUT2D eigenvalue weighted by Gasteiger charge is 2.31. The highest BCUT2D eigenvalue weighted by atomic mass is 16.3. The molecule has 0 radical (unpaired) electrons. The summed E-state index contributed by atoms with van der Waals surface area (Å²) in [7, 11) is 0. The fourth-order valence-electron chi connectivity index (χ4n) is 3.99. The second-order valence-electron chi connectivity index (χ2n) is 7.01. The number of aliphatic hydroxyl groups is 1. The smallest absolute Gasteiger partial charge is 0.0667 e. The molecular weight excluding hydrogens is 222 g/mol. The van der Waals surface area contributed by atoms with Gasteiger partial charge < -0.3 is 10.4 Å². The largest absolute Gasteiger partial charge is 0.392 e. The van der Waals surface area contributed by atoms with E-state index in [9.17, 15) is 5.11 Å². The lowest BCUT2D eigenvalue weighted by molar-refractivity contribution is 0.115. The van der Waals surface area contributed by atoms with Crippen LogP contribution in [0.5, 0.6) is 0 Å². The van der Waals surface area contributed by atoms with Crippen molar-refractivity contribution >= 4 is 0 Å². The number of hydrogen-bond donors (Lipinski definition) is 2. The summed E-state index contributed by atoms with van der Waals surface area (Å²) in [6, 6.07) is 0.672. The van der Waals surface area contributed by atoms with Crippen LogP contribution in [0.25, 0.3) is 0 Å². The summed E-state index contributed by atoms with van der Waals surface area (Å²) in [5.41, 5.74) is 0. The van der Waals surface area contributed by atoms with Crippen molar-refractivity contribution in [1.82, 2.24) is 5.32 Å². The van der Waals surface area contributed by atoms with Crippen molar-refractivity contribution in [1.29, 1.82) is 0 Å². The zero-order chi connectivity index (χ0) is 13.0. The van der Waals surface area contributed by atoms with E-state index in [4.69, 9.17) is 0 Å². The molecule has 2 aliphatic rings. The zero-order valence-electron chi connectivity index (χ0n) is 12.2. The number of aliphatic hydroxyl groups excluding tert-OH is 1. The third-order valence-corrected chi connectivity index (χ3v) is 4.93. The van der Waals surface area contributed by atoms with Crippen LogP contribution in [0, 0.1) is 17.8 Å². The quantitative estimate of drug-likeness (QED) is 0.787. The van der Waals surface area contributed by atoms with Gasteiger partial charge in [0.25, 0.3) is 0 Å². The second-order valence-corrected chi connectivity index (χ2v) is 7.01. The molecule has 0 aromatic carbocycles. The van der Waals surface area contributed by atoms with E-state index in [1.54, 1.807) is 0 Å². The van der Waals surface area contributed by atoms with Crippen LogP contribution in [-0.2, 0) is 0 Å². The minimum atomic E-state index is -0.158. The highest BCUT2D eigenvalue weighted by Crippen LogP contribution is 2.40. The Bertz CT molecular complexity index is 241. The first-order valence-corrected chi connectivity index (χ1v) is 8.06. The molecule has 4 atom stereocenters. The molecule has 2 fully saturated rings. The van der Waals surface area contributed by atoms with Gasteiger partial charge in [-0.2, -0.15) is 0 Å². The van der Waals surface area contributed by atoms with E-state index in [1.807, 2.05) is 0 Å². The van der Waals surface area contributed by atoms with Crippen LogP contribution in [-0.4, -0.2) is 23.8 Å². The Labute approximate surface area is 113 Å². The Morgan fingerprint density at radius 2 is 1.78 bits per heavy atom.